The minimum Gasteiger partial charge on any atom is -0.319 e. The number of hydrogen-bond acceptors (Lipinski definition) is 5. The van der Waals surface area contributed by atoms with Crippen LogP contribution in [0.3, 0.4) is 0 Å². The second kappa shape index (κ2) is 9.15. The van der Waals surface area contributed by atoms with Crippen LogP contribution in [0.5, 0.6) is 0 Å². The van der Waals surface area contributed by atoms with Crippen molar-refractivity contribution in [1.29, 1.82) is 0 Å². The molecule has 8 nitrogen and oxygen atoms in total. The second-order valence-corrected chi connectivity index (χ2v) is 7.47. The zero-order valence-electron chi connectivity index (χ0n) is 17.0. The van der Waals surface area contributed by atoms with E-state index >= 15 is 0 Å². The maximum absolute atomic E-state index is 13.2. The average molecular weight is 449 g/mol. The normalized spacial score (nSPS) is 11.8. The van der Waals surface area contributed by atoms with Gasteiger partial charge in [0.05, 0.1) is 5.69 Å². The molecule has 0 aliphatic rings. The fourth-order valence-electron chi connectivity index (χ4n) is 3.38. The summed E-state index contributed by atoms with van der Waals surface area (Å²) in [6.07, 6.45) is 1.75. The number of aromatic nitrogens is 1. The van der Waals surface area contributed by atoms with Crippen molar-refractivity contribution in [2.24, 2.45) is 0 Å². The van der Waals surface area contributed by atoms with E-state index in [1.165, 1.54) is 7.05 Å². The van der Waals surface area contributed by atoms with Crippen LogP contribution in [0.1, 0.15) is 10.5 Å². The molecule has 2 N–H and O–H groups in total. The van der Waals surface area contributed by atoms with E-state index in [2.05, 4.69) is 9.60 Å². The lowest BCUT2D eigenvalue weighted by molar-refractivity contribution is -0.112. The van der Waals surface area contributed by atoms with Crippen LogP contribution in [0.15, 0.2) is 85.1 Å². The summed E-state index contributed by atoms with van der Waals surface area (Å²) in [5.41, 5.74) is 3.47. The molecular weight excluding hydrogens is 430 g/mol. The van der Waals surface area contributed by atoms with Gasteiger partial charge in [-0.25, -0.2) is 5.06 Å². The number of rotatable bonds is 7. The van der Waals surface area contributed by atoms with Crippen LogP contribution in [-0.2, 0) is 20.4 Å². The molecule has 0 radical (unpaired) electrons. The Hall–Kier alpha value is -3.79. The molecule has 2 heterocycles. The predicted molar refractivity (Wildman–Crippen MR) is 122 cm³/mol. The van der Waals surface area contributed by atoms with Crippen molar-refractivity contribution in [2.45, 2.75) is 0 Å². The second-order valence-electron chi connectivity index (χ2n) is 6.89. The monoisotopic (exact) mass is 449 g/mol. The Morgan fingerprint density at radius 3 is 2.38 bits per heavy atom. The Morgan fingerprint density at radius 2 is 1.69 bits per heavy atom. The minimum atomic E-state index is -2.45. The van der Waals surface area contributed by atoms with E-state index in [0.29, 0.717) is 16.9 Å². The van der Waals surface area contributed by atoms with Crippen molar-refractivity contribution in [3.63, 3.8) is 0 Å². The summed E-state index contributed by atoms with van der Waals surface area (Å²) in [5.74, 6) is -1.45. The summed E-state index contributed by atoms with van der Waals surface area (Å²) in [7, 11) is 1.47. The highest BCUT2D eigenvalue weighted by molar-refractivity contribution is 7.74. The van der Waals surface area contributed by atoms with Gasteiger partial charge in [0.2, 0.25) is 0 Å². The van der Waals surface area contributed by atoms with Crippen LogP contribution in [-0.4, -0.2) is 31.9 Å². The van der Waals surface area contributed by atoms with E-state index < -0.39 is 23.1 Å². The van der Waals surface area contributed by atoms with Gasteiger partial charge in [-0.1, -0.05) is 36.4 Å². The fraction of sp³-hybridized carbons (Fsp3) is 0.0435. The van der Waals surface area contributed by atoms with Gasteiger partial charge in [0.1, 0.15) is 5.69 Å². The van der Waals surface area contributed by atoms with Gasteiger partial charge in [0.25, 0.3) is 11.7 Å². The molecule has 2 aromatic carbocycles. The van der Waals surface area contributed by atoms with E-state index in [9.17, 15) is 13.8 Å². The molecule has 1 unspecified atom stereocenters. The highest BCUT2D eigenvalue weighted by atomic mass is 32.2. The highest BCUT2D eigenvalue weighted by Crippen LogP contribution is 2.28. The summed E-state index contributed by atoms with van der Waals surface area (Å²) in [6.45, 7) is 0. The molecule has 0 saturated heterocycles. The molecule has 1 amide bonds. The van der Waals surface area contributed by atoms with Crippen molar-refractivity contribution in [2.75, 3.05) is 17.4 Å². The third-order valence-corrected chi connectivity index (χ3v) is 5.20. The van der Waals surface area contributed by atoms with E-state index in [4.69, 9.17) is 4.55 Å². The highest BCUT2D eigenvalue weighted by Gasteiger charge is 2.24. The van der Waals surface area contributed by atoms with Crippen molar-refractivity contribution in [1.82, 2.24) is 4.40 Å². The van der Waals surface area contributed by atoms with Crippen LogP contribution in [0.2, 0.25) is 0 Å². The summed E-state index contributed by atoms with van der Waals surface area (Å²) in [4.78, 5) is 26.0. The van der Waals surface area contributed by atoms with Gasteiger partial charge in [-0.05, 0) is 48.0 Å². The van der Waals surface area contributed by atoms with Crippen LogP contribution < -0.4 is 10.4 Å². The van der Waals surface area contributed by atoms with Crippen molar-refractivity contribution < 1.29 is 22.6 Å². The van der Waals surface area contributed by atoms with Gasteiger partial charge in [0, 0.05) is 30.0 Å². The molecule has 0 bridgehead atoms. The van der Waals surface area contributed by atoms with Gasteiger partial charge in [-0.3, -0.25) is 14.1 Å². The number of nitrogens with zero attached hydrogens (tertiary/aromatic N) is 2. The molecule has 162 valence electrons. The Labute approximate surface area is 186 Å². The maximum Gasteiger partial charge on any atom is 0.325 e. The number of hydroxylamine groups is 1. The standard InChI is InChI=1S/C23H19N3O5S/c1-25(31-32(29)30)18-12-10-17(11-13-18)24-23(28)22(27)21-20(16-7-3-2-4-8-16)15-19-9-5-6-14-26(19)21/h2-15H,1H3,(H,24,28)(H,29,30). The maximum atomic E-state index is 13.2. The number of amides is 1. The summed E-state index contributed by atoms with van der Waals surface area (Å²) < 4.78 is 25.9. The van der Waals surface area contributed by atoms with Crippen molar-refractivity contribution >= 4 is 39.9 Å². The van der Waals surface area contributed by atoms with Gasteiger partial charge in [-0.2, -0.15) is 4.21 Å². The topological polar surface area (TPSA) is 100 Å². The van der Waals surface area contributed by atoms with E-state index in [-0.39, 0.29) is 5.69 Å². The largest absolute Gasteiger partial charge is 0.325 e. The van der Waals surface area contributed by atoms with E-state index in [1.54, 1.807) is 40.9 Å². The zero-order chi connectivity index (χ0) is 22.7. The average Bonchev–Trinajstić information content (AvgIpc) is 3.18. The summed E-state index contributed by atoms with van der Waals surface area (Å²) >= 11 is -2.45. The SMILES string of the molecule is CN(OS(=O)O)c1ccc(NC(=O)C(=O)c2c(-c3ccccc3)cc3ccccn23)cc1. The first-order valence-electron chi connectivity index (χ1n) is 9.58. The molecule has 0 spiro atoms. The van der Waals surface area contributed by atoms with Crippen LogP contribution >= 0.6 is 0 Å². The number of ketones is 1. The lowest BCUT2D eigenvalue weighted by Gasteiger charge is -2.15. The third kappa shape index (κ3) is 4.45. The number of benzene rings is 2. The van der Waals surface area contributed by atoms with Crippen LogP contribution in [0.4, 0.5) is 11.4 Å². The first-order chi connectivity index (χ1) is 15.4. The number of carbonyl (C=O) groups is 2. The number of anilines is 2. The van der Waals surface area contributed by atoms with Crippen LogP contribution in [0, 0.1) is 0 Å². The molecule has 9 heteroatoms. The Balaban J connectivity index is 1.61. The van der Waals surface area contributed by atoms with Crippen molar-refractivity contribution in [3.8, 4) is 11.1 Å². The lowest BCUT2D eigenvalue weighted by atomic mass is 10.0. The molecule has 1 atom stereocenters. The Kier molecular flexibility index (Phi) is 6.13. The molecular formula is C23H19N3O5S. The quantitative estimate of drug-likeness (QED) is 0.192. The number of fused-ring (bicyclic) bond motifs is 1. The molecule has 0 aliphatic carbocycles. The summed E-state index contributed by atoms with van der Waals surface area (Å²) in [5, 5.41) is 3.73. The minimum absolute atomic E-state index is 0.277. The first-order valence-corrected chi connectivity index (χ1v) is 10.6. The van der Waals surface area contributed by atoms with E-state index in [1.807, 2.05) is 48.5 Å². The third-order valence-electron chi connectivity index (χ3n) is 4.85. The molecule has 4 aromatic rings. The molecule has 2 aromatic heterocycles. The van der Waals surface area contributed by atoms with Gasteiger partial charge in [0.15, 0.2) is 0 Å². The molecule has 0 fully saturated rings. The number of hydrogen-bond donors (Lipinski definition) is 2. The Bertz CT molecular complexity index is 1300. The van der Waals surface area contributed by atoms with Crippen LogP contribution in [0.25, 0.3) is 16.6 Å². The number of Topliss-reactive ketones (excluding diaryl/α,β-unsaturated/α-hetero) is 1. The first kappa shape index (κ1) is 21.4. The lowest BCUT2D eigenvalue weighted by Crippen LogP contribution is -2.24. The number of nitrogens with one attached hydrogen (secondary N) is 1. The van der Waals surface area contributed by atoms with Gasteiger partial charge in [-0.15, -0.1) is 4.28 Å². The van der Waals surface area contributed by atoms with Crippen molar-refractivity contribution in [3.05, 3.63) is 90.8 Å². The number of pyridine rings is 1. The molecule has 0 aliphatic heterocycles. The molecule has 0 saturated carbocycles. The zero-order valence-corrected chi connectivity index (χ0v) is 17.8. The van der Waals surface area contributed by atoms with E-state index in [0.717, 1.165) is 16.1 Å². The van der Waals surface area contributed by atoms with Gasteiger partial charge >= 0.3 is 11.4 Å². The molecule has 4 rings (SSSR count). The smallest absolute Gasteiger partial charge is 0.319 e. The predicted octanol–water partition coefficient (Wildman–Crippen LogP) is 3.93. The fourth-order valence-corrected chi connectivity index (χ4v) is 3.66. The Morgan fingerprint density at radius 1 is 1.00 bits per heavy atom. The van der Waals surface area contributed by atoms with Gasteiger partial charge < -0.3 is 9.72 Å². The summed E-state index contributed by atoms with van der Waals surface area (Å²) in [6, 6.07) is 23.1. The number of carbonyl (C=O) groups excluding carboxylic acids is 2. The molecule has 32 heavy (non-hydrogen) atoms.